The molecule has 0 aromatic rings. The molecule has 0 fully saturated rings. The molecule has 0 aromatic heterocycles. The highest BCUT2D eigenvalue weighted by Gasteiger charge is 2.04. The van der Waals surface area contributed by atoms with E-state index in [0.29, 0.717) is 0 Å². The zero-order chi connectivity index (χ0) is 11.1. The molecule has 0 bridgehead atoms. The molecule has 0 rings (SSSR count). The fourth-order valence-corrected chi connectivity index (χ4v) is 0.881. The van der Waals surface area contributed by atoms with E-state index in [2.05, 4.69) is 25.1 Å². The van der Waals surface area contributed by atoms with Crippen LogP contribution in [-0.2, 0) is 0 Å². The highest BCUT2D eigenvalue weighted by atomic mass is 15.1. The summed E-state index contributed by atoms with van der Waals surface area (Å²) in [6, 6.07) is 0.190. The van der Waals surface area contributed by atoms with Gasteiger partial charge in [-0.05, 0) is 13.3 Å². The van der Waals surface area contributed by atoms with Crippen molar-refractivity contribution in [2.24, 2.45) is 10.7 Å². The van der Waals surface area contributed by atoms with E-state index in [1.54, 1.807) is 6.21 Å². The summed E-state index contributed by atoms with van der Waals surface area (Å²) in [7, 11) is 1.96. The minimum absolute atomic E-state index is 0.190. The molecule has 0 radical (unpaired) electrons. The molecule has 0 heterocycles. The first-order chi connectivity index (χ1) is 6.47. The van der Waals surface area contributed by atoms with Gasteiger partial charge in [0.25, 0.3) is 0 Å². The summed E-state index contributed by atoms with van der Waals surface area (Å²) in [5.74, 6) is 0. The highest BCUT2D eigenvalue weighted by molar-refractivity contribution is 5.77. The minimum Gasteiger partial charge on any atom is -0.372 e. The van der Waals surface area contributed by atoms with E-state index in [1.807, 2.05) is 18.9 Å². The van der Waals surface area contributed by atoms with E-state index in [-0.39, 0.29) is 6.04 Å². The SMILES string of the molecule is C=C(C)N=CC(=C)N(C)CC(N)CC. The van der Waals surface area contributed by atoms with Gasteiger partial charge in [0, 0.05) is 37.2 Å². The quantitative estimate of drug-likeness (QED) is 0.656. The van der Waals surface area contributed by atoms with Crippen molar-refractivity contribution in [2.45, 2.75) is 26.3 Å². The molecule has 1 atom stereocenters. The van der Waals surface area contributed by atoms with Crippen LogP contribution in [0.2, 0.25) is 0 Å². The summed E-state index contributed by atoms with van der Waals surface area (Å²) in [5.41, 5.74) is 7.46. The van der Waals surface area contributed by atoms with Crippen molar-refractivity contribution >= 4 is 6.21 Å². The Hall–Kier alpha value is -1.09. The summed E-state index contributed by atoms with van der Waals surface area (Å²) in [6.45, 7) is 12.3. The largest absolute Gasteiger partial charge is 0.372 e. The van der Waals surface area contributed by atoms with E-state index in [1.165, 1.54) is 0 Å². The molecule has 0 amide bonds. The number of nitrogens with zero attached hydrogens (tertiary/aromatic N) is 2. The van der Waals surface area contributed by atoms with Gasteiger partial charge in [0.2, 0.25) is 0 Å². The van der Waals surface area contributed by atoms with Crippen molar-refractivity contribution in [3.8, 4) is 0 Å². The van der Waals surface area contributed by atoms with E-state index >= 15 is 0 Å². The minimum atomic E-state index is 0.190. The van der Waals surface area contributed by atoms with Crippen molar-refractivity contribution in [2.75, 3.05) is 13.6 Å². The number of rotatable bonds is 6. The van der Waals surface area contributed by atoms with Gasteiger partial charge in [-0.1, -0.05) is 20.1 Å². The Morgan fingerprint density at radius 3 is 2.57 bits per heavy atom. The molecular weight excluding hydrogens is 174 g/mol. The van der Waals surface area contributed by atoms with Crippen molar-refractivity contribution in [3.05, 3.63) is 24.6 Å². The van der Waals surface area contributed by atoms with Gasteiger partial charge in [0.1, 0.15) is 0 Å². The van der Waals surface area contributed by atoms with Crippen LogP contribution in [0.4, 0.5) is 0 Å². The van der Waals surface area contributed by atoms with Crippen LogP contribution in [0.25, 0.3) is 0 Å². The van der Waals surface area contributed by atoms with E-state index in [0.717, 1.165) is 24.4 Å². The molecule has 0 saturated carbocycles. The number of nitrogens with two attached hydrogens (primary N) is 1. The van der Waals surface area contributed by atoms with Gasteiger partial charge < -0.3 is 10.6 Å². The van der Waals surface area contributed by atoms with Crippen LogP contribution < -0.4 is 5.73 Å². The van der Waals surface area contributed by atoms with Crippen molar-refractivity contribution < 1.29 is 0 Å². The fraction of sp³-hybridized carbons (Fsp3) is 0.545. The Morgan fingerprint density at radius 1 is 1.57 bits per heavy atom. The number of likely N-dealkylation sites (N-methyl/N-ethyl adjacent to an activating group) is 1. The van der Waals surface area contributed by atoms with Crippen molar-refractivity contribution in [3.63, 3.8) is 0 Å². The molecule has 14 heavy (non-hydrogen) atoms. The zero-order valence-corrected chi connectivity index (χ0v) is 9.45. The maximum absolute atomic E-state index is 5.82. The molecule has 0 aliphatic heterocycles. The fourth-order valence-electron chi connectivity index (χ4n) is 0.881. The summed E-state index contributed by atoms with van der Waals surface area (Å²) >= 11 is 0. The lowest BCUT2D eigenvalue weighted by Gasteiger charge is -2.22. The third kappa shape index (κ3) is 5.54. The first-order valence-corrected chi connectivity index (χ1v) is 4.82. The van der Waals surface area contributed by atoms with Gasteiger partial charge in [-0.3, -0.25) is 4.99 Å². The van der Waals surface area contributed by atoms with Gasteiger partial charge in [-0.25, -0.2) is 0 Å². The highest BCUT2D eigenvalue weighted by Crippen LogP contribution is 1.99. The van der Waals surface area contributed by atoms with Crippen molar-refractivity contribution in [1.29, 1.82) is 0 Å². The van der Waals surface area contributed by atoms with Crippen LogP contribution in [0.15, 0.2) is 29.5 Å². The summed E-state index contributed by atoms with van der Waals surface area (Å²) in [5, 5.41) is 0. The zero-order valence-electron chi connectivity index (χ0n) is 9.45. The third-order valence-corrected chi connectivity index (χ3v) is 1.96. The molecular formula is C11H21N3. The van der Waals surface area contributed by atoms with Crippen LogP contribution in [-0.4, -0.2) is 30.7 Å². The van der Waals surface area contributed by atoms with Gasteiger partial charge >= 0.3 is 0 Å². The van der Waals surface area contributed by atoms with Crippen LogP contribution in [0.3, 0.4) is 0 Å². The summed E-state index contributed by atoms with van der Waals surface area (Å²) < 4.78 is 0. The Bertz CT molecular complexity index is 231. The Morgan fingerprint density at radius 2 is 2.14 bits per heavy atom. The summed E-state index contributed by atoms with van der Waals surface area (Å²) in [6.07, 6.45) is 2.68. The maximum Gasteiger partial charge on any atom is 0.0498 e. The second-order valence-corrected chi connectivity index (χ2v) is 3.53. The number of allylic oxidation sites excluding steroid dienone is 2. The number of hydrogen-bond donors (Lipinski definition) is 1. The molecule has 0 aromatic carbocycles. The average Bonchev–Trinajstić information content (AvgIpc) is 2.13. The van der Waals surface area contributed by atoms with Crippen LogP contribution in [0.5, 0.6) is 0 Å². The van der Waals surface area contributed by atoms with E-state index in [4.69, 9.17) is 5.73 Å². The molecule has 0 aliphatic rings. The predicted octanol–water partition coefficient (Wildman–Crippen LogP) is 1.77. The second-order valence-electron chi connectivity index (χ2n) is 3.53. The van der Waals surface area contributed by atoms with E-state index < -0.39 is 0 Å². The summed E-state index contributed by atoms with van der Waals surface area (Å²) in [4.78, 5) is 6.08. The van der Waals surface area contributed by atoms with Gasteiger partial charge in [-0.2, -0.15) is 0 Å². The molecule has 2 N–H and O–H groups in total. The number of hydrogen-bond acceptors (Lipinski definition) is 3. The third-order valence-electron chi connectivity index (χ3n) is 1.96. The second kappa shape index (κ2) is 6.38. The van der Waals surface area contributed by atoms with Gasteiger partial charge in [0.05, 0.1) is 0 Å². The molecule has 0 spiro atoms. The van der Waals surface area contributed by atoms with Crippen LogP contribution in [0.1, 0.15) is 20.3 Å². The number of aliphatic imine (C=N–C) groups is 1. The normalized spacial score (nSPS) is 12.9. The average molecular weight is 195 g/mol. The van der Waals surface area contributed by atoms with Crippen LogP contribution >= 0.6 is 0 Å². The van der Waals surface area contributed by atoms with Crippen molar-refractivity contribution in [1.82, 2.24) is 4.90 Å². The molecule has 0 aliphatic carbocycles. The molecule has 1 unspecified atom stereocenters. The Kier molecular flexibility index (Phi) is 5.88. The molecule has 80 valence electrons. The van der Waals surface area contributed by atoms with Gasteiger partial charge in [0.15, 0.2) is 0 Å². The lowest BCUT2D eigenvalue weighted by atomic mass is 10.2. The standard InChI is InChI=1S/C11H21N3/c1-6-11(12)8-14(5)10(4)7-13-9(2)3/h7,11H,2,4,6,8,12H2,1,3,5H3. The smallest absolute Gasteiger partial charge is 0.0498 e. The Balaban J connectivity index is 4.06. The predicted molar refractivity (Wildman–Crippen MR) is 63.3 cm³/mol. The first kappa shape index (κ1) is 12.9. The lowest BCUT2D eigenvalue weighted by molar-refractivity contribution is 0.393. The maximum atomic E-state index is 5.82. The molecule has 3 heteroatoms. The molecule has 3 nitrogen and oxygen atoms in total. The topological polar surface area (TPSA) is 41.6 Å². The van der Waals surface area contributed by atoms with Crippen LogP contribution in [0, 0.1) is 0 Å². The monoisotopic (exact) mass is 195 g/mol. The molecule has 0 saturated heterocycles. The lowest BCUT2D eigenvalue weighted by Crippen LogP contribution is -2.34. The van der Waals surface area contributed by atoms with E-state index in [9.17, 15) is 0 Å². The Labute approximate surface area is 87.0 Å². The first-order valence-electron chi connectivity index (χ1n) is 4.82. The van der Waals surface area contributed by atoms with Gasteiger partial charge in [-0.15, -0.1) is 0 Å².